The van der Waals surface area contributed by atoms with Crippen LogP contribution in [0.4, 0.5) is 4.39 Å². The number of benzene rings is 1. The van der Waals surface area contributed by atoms with Gasteiger partial charge in [0.15, 0.2) is 0 Å². The molecule has 1 N–H and O–H groups in total. The number of pyridine rings is 1. The van der Waals surface area contributed by atoms with Crippen LogP contribution in [0.3, 0.4) is 0 Å². The fraction of sp³-hybridized carbons (Fsp3) is 0.350. The average molecular weight is 390 g/mol. The van der Waals surface area contributed by atoms with Crippen molar-refractivity contribution in [2.45, 2.75) is 31.5 Å². The highest BCUT2D eigenvalue weighted by Crippen LogP contribution is 2.26. The van der Waals surface area contributed by atoms with Crippen LogP contribution >= 0.6 is 11.6 Å². The minimum absolute atomic E-state index is 0.111. The molecule has 142 valence electrons. The number of carbonyl (C=O) groups is 2. The molecule has 1 fully saturated rings. The van der Waals surface area contributed by atoms with Crippen LogP contribution in [0.5, 0.6) is 0 Å². The van der Waals surface area contributed by atoms with Gasteiger partial charge >= 0.3 is 0 Å². The first-order valence-corrected chi connectivity index (χ1v) is 9.22. The molecule has 2 heterocycles. The van der Waals surface area contributed by atoms with Crippen LogP contribution in [0.1, 0.15) is 24.0 Å². The van der Waals surface area contributed by atoms with E-state index in [1.807, 2.05) is 0 Å². The zero-order valence-corrected chi connectivity index (χ0v) is 15.6. The third kappa shape index (κ3) is 5.04. The van der Waals surface area contributed by atoms with Crippen LogP contribution < -0.4 is 5.32 Å². The van der Waals surface area contributed by atoms with Crippen molar-refractivity contribution in [2.75, 3.05) is 13.1 Å². The summed E-state index contributed by atoms with van der Waals surface area (Å²) in [5.74, 6) is -0.871. The number of halogens is 2. The topological polar surface area (TPSA) is 62.3 Å². The summed E-state index contributed by atoms with van der Waals surface area (Å²) in [7, 11) is 0. The number of nitrogens with zero attached hydrogens (tertiary/aromatic N) is 2. The average Bonchev–Trinajstić information content (AvgIpc) is 2.68. The zero-order valence-electron chi connectivity index (χ0n) is 14.8. The van der Waals surface area contributed by atoms with Crippen LogP contribution in [0.2, 0.25) is 5.02 Å². The molecule has 0 saturated carbocycles. The first-order valence-electron chi connectivity index (χ1n) is 8.85. The number of alkyl halides is 1. The lowest BCUT2D eigenvalue weighted by molar-refractivity contribution is -0.143. The first kappa shape index (κ1) is 19.3. The Kier molecular flexibility index (Phi) is 6.06. The van der Waals surface area contributed by atoms with Crippen molar-refractivity contribution in [2.24, 2.45) is 0 Å². The molecule has 3 rings (SSSR count). The number of rotatable bonds is 5. The van der Waals surface area contributed by atoms with Gasteiger partial charge in [0.25, 0.3) is 5.91 Å². The Morgan fingerprint density at radius 2 is 1.85 bits per heavy atom. The number of amides is 2. The van der Waals surface area contributed by atoms with Crippen molar-refractivity contribution in [3.8, 4) is 0 Å². The van der Waals surface area contributed by atoms with E-state index in [4.69, 9.17) is 11.6 Å². The van der Waals surface area contributed by atoms with Crippen LogP contribution in [0.25, 0.3) is 0 Å². The molecule has 0 aliphatic carbocycles. The second kappa shape index (κ2) is 8.48. The van der Waals surface area contributed by atoms with Gasteiger partial charge in [-0.2, -0.15) is 0 Å². The summed E-state index contributed by atoms with van der Waals surface area (Å²) in [5, 5.41) is 3.23. The van der Waals surface area contributed by atoms with Gasteiger partial charge in [-0.05, 0) is 48.2 Å². The van der Waals surface area contributed by atoms with E-state index in [0.717, 1.165) is 11.1 Å². The number of hydrogen-bond acceptors (Lipinski definition) is 3. The van der Waals surface area contributed by atoms with Gasteiger partial charge in [0.05, 0.1) is 13.0 Å². The molecule has 1 aromatic heterocycles. The third-order valence-corrected chi connectivity index (χ3v) is 4.93. The van der Waals surface area contributed by atoms with E-state index in [1.165, 1.54) is 4.90 Å². The summed E-state index contributed by atoms with van der Waals surface area (Å²) in [5.41, 5.74) is -0.420. The lowest BCUT2D eigenvalue weighted by atomic mass is 9.93. The zero-order chi connectivity index (χ0) is 19.3. The Labute approximate surface area is 162 Å². The largest absolute Gasteiger partial charge is 0.349 e. The maximum Gasteiger partial charge on any atom is 0.259 e. The minimum Gasteiger partial charge on any atom is -0.349 e. The van der Waals surface area contributed by atoms with Crippen LogP contribution in [-0.4, -0.2) is 40.5 Å². The van der Waals surface area contributed by atoms with E-state index in [2.05, 4.69) is 10.3 Å². The Morgan fingerprint density at radius 1 is 1.15 bits per heavy atom. The van der Waals surface area contributed by atoms with Gasteiger partial charge in [0.1, 0.15) is 0 Å². The quantitative estimate of drug-likeness (QED) is 0.855. The summed E-state index contributed by atoms with van der Waals surface area (Å²) in [6.07, 6.45) is 3.95. The molecule has 2 amide bonds. The van der Waals surface area contributed by atoms with Crippen molar-refractivity contribution < 1.29 is 14.0 Å². The van der Waals surface area contributed by atoms with E-state index in [1.54, 1.807) is 48.8 Å². The van der Waals surface area contributed by atoms with E-state index < -0.39 is 11.6 Å². The van der Waals surface area contributed by atoms with Gasteiger partial charge < -0.3 is 10.2 Å². The monoisotopic (exact) mass is 389 g/mol. The molecule has 1 saturated heterocycles. The normalized spacial score (nSPS) is 19.6. The molecule has 1 aliphatic rings. The van der Waals surface area contributed by atoms with Crippen LogP contribution in [0.15, 0.2) is 48.8 Å². The lowest BCUT2D eigenvalue weighted by Gasteiger charge is -2.36. The van der Waals surface area contributed by atoms with Crippen LogP contribution in [0, 0.1) is 0 Å². The first-order chi connectivity index (χ1) is 13.0. The molecule has 5 nitrogen and oxygen atoms in total. The third-order valence-electron chi connectivity index (χ3n) is 4.67. The Hall–Kier alpha value is -2.47. The van der Waals surface area contributed by atoms with Gasteiger partial charge in [-0.15, -0.1) is 0 Å². The summed E-state index contributed by atoms with van der Waals surface area (Å²) < 4.78 is 15.2. The van der Waals surface area contributed by atoms with Crippen molar-refractivity contribution in [3.63, 3.8) is 0 Å². The van der Waals surface area contributed by atoms with Gasteiger partial charge in [0, 0.05) is 30.5 Å². The van der Waals surface area contributed by atoms with E-state index in [9.17, 15) is 9.59 Å². The number of hydrogen-bond donors (Lipinski definition) is 1. The van der Waals surface area contributed by atoms with Crippen molar-refractivity contribution in [1.29, 1.82) is 0 Å². The van der Waals surface area contributed by atoms with Crippen molar-refractivity contribution in [3.05, 3.63) is 64.9 Å². The number of aromatic nitrogens is 1. The number of nitrogens with one attached hydrogen (secondary N) is 1. The Morgan fingerprint density at radius 3 is 2.56 bits per heavy atom. The second-order valence-electron chi connectivity index (χ2n) is 6.73. The summed E-state index contributed by atoms with van der Waals surface area (Å²) in [6.45, 7) is 0.461. The summed E-state index contributed by atoms with van der Waals surface area (Å²) in [4.78, 5) is 30.3. The minimum atomic E-state index is -2.07. The molecular weight excluding hydrogens is 369 g/mol. The van der Waals surface area contributed by atoms with Gasteiger partial charge in [0.2, 0.25) is 11.6 Å². The fourth-order valence-electron chi connectivity index (χ4n) is 3.14. The van der Waals surface area contributed by atoms with Crippen molar-refractivity contribution in [1.82, 2.24) is 15.2 Å². The molecule has 7 heteroatoms. The summed E-state index contributed by atoms with van der Waals surface area (Å²) in [6, 6.07) is 10.5. The predicted molar refractivity (Wildman–Crippen MR) is 101 cm³/mol. The van der Waals surface area contributed by atoms with E-state index in [-0.39, 0.29) is 31.8 Å². The molecule has 1 aliphatic heterocycles. The Bertz CT molecular complexity index is 801. The second-order valence-corrected chi connectivity index (χ2v) is 7.16. The van der Waals surface area contributed by atoms with Gasteiger partial charge in [-0.1, -0.05) is 23.7 Å². The number of piperidine rings is 1. The molecule has 1 atom stereocenters. The molecular formula is C20H21ClFN3O2. The van der Waals surface area contributed by atoms with Crippen molar-refractivity contribution >= 4 is 23.4 Å². The lowest BCUT2D eigenvalue weighted by Crippen LogP contribution is -2.55. The highest BCUT2D eigenvalue weighted by atomic mass is 35.5. The maximum absolute atomic E-state index is 15.2. The van der Waals surface area contributed by atoms with Gasteiger partial charge in [-0.25, -0.2) is 4.39 Å². The molecule has 1 unspecified atom stereocenters. The number of carbonyl (C=O) groups excluding carboxylic acids is 2. The molecule has 0 radical (unpaired) electrons. The van der Waals surface area contributed by atoms with E-state index >= 15 is 4.39 Å². The highest BCUT2D eigenvalue weighted by Gasteiger charge is 2.43. The summed E-state index contributed by atoms with van der Waals surface area (Å²) >= 11 is 5.85. The standard InChI is InChI=1S/C20H21ClFN3O2/c21-17-4-2-15(3-5-17)12-18(26)25-11-1-8-20(22,14-25)19(27)24-13-16-6-9-23-10-7-16/h2-7,9-10H,1,8,11-14H2,(H,24,27). The fourth-order valence-corrected chi connectivity index (χ4v) is 3.27. The molecule has 2 aromatic rings. The SMILES string of the molecule is O=C(Cc1ccc(Cl)cc1)N1CCCC(F)(C(=O)NCc2ccncc2)C1. The smallest absolute Gasteiger partial charge is 0.259 e. The van der Waals surface area contributed by atoms with E-state index in [0.29, 0.717) is 18.0 Å². The number of likely N-dealkylation sites (tertiary alicyclic amines) is 1. The molecule has 1 aromatic carbocycles. The Balaban J connectivity index is 1.58. The molecule has 27 heavy (non-hydrogen) atoms. The molecule has 0 bridgehead atoms. The highest BCUT2D eigenvalue weighted by molar-refractivity contribution is 6.30. The predicted octanol–water partition coefficient (Wildman–Crippen LogP) is 2.92. The van der Waals surface area contributed by atoms with Gasteiger partial charge in [-0.3, -0.25) is 14.6 Å². The maximum atomic E-state index is 15.2. The van der Waals surface area contributed by atoms with Crippen LogP contribution in [-0.2, 0) is 22.6 Å². The molecule has 0 spiro atoms.